The number of aliphatic hydroxyl groups is 1. The van der Waals surface area contributed by atoms with Gasteiger partial charge in [-0.2, -0.15) is 0 Å². The number of unbranched alkanes of at least 4 members (excludes halogenated alkanes) is 32. The molecule has 0 aromatic carbocycles. The number of phosphoric acid groups is 2. The molecule has 0 aliphatic heterocycles. The molecule has 17 nitrogen and oxygen atoms in total. The summed E-state index contributed by atoms with van der Waals surface area (Å²) in [5, 5.41) is 10.6. The van der Waals surface area contributed by atoms with Crippen molar-refractivity contribution in [3.8, 4) is 0 Å². The van der Waals surface area contributed by atoms with Crippen LogP contribution in [0.5, 0.6) is 0 Å². The first kappa shape index (κ1) is 88.1. The van der Waals surface area contributed by atoms with E-state index in [0.717, 1.165) is 114 Å². The minimum absolute atomic E-state index is 0.104. The summed E-state index contributed by atoms with van der Waals surface area (Å²) in [5.74, 6) is 0.904. The van der Waals surface area contributed by atoms with E-state index in [1.54, 1.807) is 0 Å². The molecule has 19 heteroatoms. The van der Waals surface area contributed by atoms with Gasteiger partial charge in [0, 0.05) is 25.7 Å². The molecule has 0 saturated carbocycles. The van der Waals surface area contributed by atoms with Crippen LogP contribution in [0, 0.1) is 23.7 Å². The van der Waals surface area contributed by atoms with Crippen molar-refractivity contribution >= 4 is 39.5 Å². The van der Waals surface area contributed by atoms with Gasteiger partial charge in [0.25, 0.3) is 0 Å². The molecule has 0 aliphatic carbocycles. The first-order valence-corrected chi connectivity index (χ1v) is 39.8. The normalized spacial score (nSPS) is 14.9. The molecule has 5 unspecified atom stereocenters. The number of carbonyl (C=O) groups excluding carboxylic acids is 4. The minimum Gasteiger partial charge on any atom is -0.462 e. The van der Waals surface area contributed by atoms with E-state index in [0.29, 0.717) is 31.6 Å². The standard InChI is InChI=1S/C71H138O17P2/c1-9-63(7)49-41-33-25-18-20-28-37-45-53-70(75)87-66(57-81-68(73)51-43-35-27-17-15-13-11-12-14-16-23-31-39-47-61(3)4)59-85-89(77,78)83-55-65(72)56-84-90(79,80)86-60-67(58-82-69(74)52-44-36-30-22-24-32-40-48-62(5)6)88-71(76)54-46-38-29-21-19-26-34-42-50-64(8)10-2/h61-67,72H,9-60H2,1-8H3,(H,77,78)(H,79,80)/t63?,64?,65?,66-,67-/m1/s1. The monoisotopic (exact) mass is 1320 g/mol. The van der Waals surface area contributed by atoms with Crippen molar-refractivity contribution < 1.29 is 80.2 Å². The molecule has 0 amide bonds. The maximum absolute atomic E-state index is 13.0. The van der Waals surface area contributed by atoms with Gasteiger partial charge >= 0.3 is 39.5 Å². The zero-order valence-corrected chi connectivity index (χ0v) is 60.6. The number of esters is 4. The highest BCUT2D eigenvalue weighted by Crippen LogP contribution is 2.45. The van der Waals surface area contributed by atoms with Gasteiger partial charge in [0.2, 0.25) is 0 Å². The van der Waals surface area contributed by atoms with Crippen LogP contribution in [0.4, 0.5) is 0 Å². The summed E-state index contributed by atoms with van der Waals surface area (Å²) in [6.45, 7) is 14.1. The molecule has 0 fully saturated rings. The van der Waals surface area contributed by atoms with Crippen molar-refractivity contribution in [2.75, 3.05) is 39.6 Å². The molecule has 0 heterocycles. The third-order valence-corrected chi connectivity index (χ3v) is 18.9. The fraction of sp³-hybridized carbons (Fsp3) is 0.944. The van der Waals surface area contributed by atoms with Gasteiger partial charge in [-0.3, -0.25) is 37.3 Å². The van der Waals surface area contributed by atoms with Crippen LogP contribution in [0.1, 0.15) is 351 Å². The third kappa shape index (κ3) is 62.2. The maximum atomic E-state index is 13.0. The fourth-order valence-corrected chi connectivity index (χ4v) is 12.2. The van der Waals surface area contributed by atoms with Crippen LogP contribution in [0.25, 0.3) is 0 Å². The van der Waals surface area contributed by atoms with E-state index >= 15 is 0 Å². The Morgan fingerprint density at radius 2 is 0.533 bits per heavy atom. The molecule has 0 aromatic rings. The van der Waals surface area contributed by atoms with Crippen LogP contribution >= 0.6 is 15.6 Å². The second-order valence-electron chi connectivity index (χ2n) is 27.1. The van der Waals surface area contributed by atoms with Crippen LogP contribution in [0.15, 0.2) is 0 Å². The number of carbonyl (C=O) groups is 4. The predicted octanol–water partition coefficient (Wildman–Crippen LogP) is 20.1. The summed E-state index contributed by atoms with van der Waals surface area (Å²) in [4.78, 5) is 72.6. The highest BCUT2D eigenvalue weighted by atomic mass is 31.2. The molecule has 0 rings (SSSR count). The van der Waals surface area contributed by atoms with Crippen molar-refractivity contribution in [1.82, 2.24) is 0 Å². The van der Waals surface area contributed by atoms with Gasteiger partial charge in [0.1, 0.15) is 19.3 Å². The lowest BCUT2D eigenvalue weighted by Crippen LogP contribution is -2.30. The van der Waals surface area contributed by atoms with E-state index in [1.807, 2.05) is 0 Å². The average Bonchev–Trinajstić information content (AvgIpc) is 3.59. The lowest BCUT2D eigenvalue weighted by atomic mass is 9.99. The molecule has 0 saturated heterocycles. The zero-order valence-electron chi connectivity index (χ0n) is 58.8. The van der Waals surface area contributed by atoms with Crippen molar-refractivity contribution in [1.29, 1.82) is 0 Å². The summed E-state index contributed by atoms with van der Waals surface area (Å²) in [6.07, 6.45) is 43.0. The largest absolute Gasteiger partial charge is 0.472 e. The van der Waals surface area contributed by atoms with Gasteiger partial charge in [-0.25, -0.2) is 9.13 Å². The molecule has 7 atom stereocenters. The Morgan fingerprint density at radius 1 is 0.311 bits per heavy atom. The van der Waals surface area contributed by atoms with Crippen molar-refractivity contribution in [3.05, 3.63) is 0 Å². The molecule has 0 radical (unpaired) electrons. The number of hydrogen-bond donors (Lipinski definition) is 3. The summed E-state index contributed by atoms with van der Waals surface area (Å²) in [7, 11) is -9.90. The number of phosphoric ester groups is 2. The second-order valence-corrected chi connectivity index (χ2v) is 30.0. The highest BCUT2D eigenvalue weighted by Gasteiger charge is 2.30. The van der Waals surface area contributed by atoms with E-state index in [-0.39, 0.29) is 25.7 Å². The van der Waals surface area contributed by atoms with Crippen LogP contribution in [0.3, 0.4) is 0 Å². The van der Waals surface area contributed by atoms with Gasteiger partial charge in [-0.15, -0.1) is 0 Å². The quantitative estimate of drug-likeness (QED) is 0.0222. The summed E-state index contributed by atoms with van der Waals surface area (Å²) in [5.41, 5.74) is 0. The SMILES string of the molecule is CCC(C)CCCCCCCCCCC(=O)O[C@H](COC(=O)CCCCCCCCCCCCCCCC(C)C)COP(=O)(O)OCC(O)COP(=O)(O)OC[C@@H](COC(=O)CCCCCCCCCC(C)C)OC(=O)CCCCCCCCCCC(C)CC. The van der Waals surface area contributed by atoms with E-state index in [4.69, 9.17) is 37.0 Å². The smallest absolute Gasteiger partial charge is 0.462 e. The number of aliphatic hydroxyl groups excluding tert-OH is 1. The lowest BCUT2D eigenvalue weighted by Gasteiger charge is -2.21. The molecule has 90 heavy (non-hydrogen) atoms. The van der Waals surface area contributed by atoms with Crippen LogP contribution in [-0.4, -0.2) is 96.7 Å². The lowest BCUT2D eigenvalue weighted by molar-refractivity contribution is -0.161. The number of hydrogen-bond acceptors (Lipinski definition) is 15. The molecule has 0 spiro atoms. The first-order valence-electron chi connectivity index (χ1n) is 36.8. The molecule has 0 bridgehead atoms. The third-order valence-electron chi connectivity index (χ3n) is 17.0. The number of ether oxygens (including phenoxy) is 4. The van der Waals surface area contributed by atoms with Gasteiger partial charge in [0.05, 0.1) is 26.4 Å². The Kier molecular flexibility index (Phi) is 59.4. The molecule has 0 aromatic heterocycles. The molecular weight excluding hydrogens is 1190 g/mol. The van der Waals surface area contributed by atoms with E-state index in [1.165, 1.54) is 148 Å². The van der Waals surface area contributed by atoms with Gasteiger partial charge in [-0.1, -0.05) is 299 Å². The van der Waals surface area contributed by atoms with Crippen molar-refractivity contribution in [3.63, 3.8) is 0 Å². The average molecular weight is 1330 g/mol. The molecular formula is C71H138O17P2. The Bertz CT molecular complexity index is 1790. The van der Waals surface area contributed by atoms with Crippen LogP contribution in [0.2, 0.25) is 0 Å². The highest BCUT2D eigenvalue weighted by molar-refractivity contribution is 7.47. The first-order chi connectivity index (χ1) is 43.2. The van der Waals surface area contributed by atoms with Crippen LogP contribution < -0.4 is 0 Å². The predicted molar refractivity (Wildman–Crippen MR) is 363 cm³/mol. The Hall–Kier alpha value is -1.94. The summed E-state index contributed by atoms with van der Waals surface area (Å²) >= 11 is 0. The van der Waals surface area contributed by atoms with Crippen molar-refractivity contribution in [2.24, 2.45) is 23.7 Å². The summed E-state index contributed by atoms with van der Waals surface area (Å²) < 4.78 is 68.3. The molecule has 534 valence electrons. The van der Waals surface area contributed by atoms with E-state index in [2.05, 4.69) is 55.4 Å². The number of rotatable bonds is 68. The van der Waals surface area contributed by atoms with Gasteiger partial charge < -0.3 is 33.8 Å². The van der Waals surface area contributed by atoms with E-state index in [9.17, 15) is 43.2 Å². The van der Waals surface area contributed by atoms with E-state index < -0.39 is 97.5 Å². The topological polar surface area (TPSA) is 237 Å². The molecule has 3 N–H and O–H groups in total. The minimum atomic E-state index is -4.95. The second kappa shape index (κ2) is 60.7. The summed E-state index contributed by atoms with van der Waals surface area (Å²) in [6, 6.07) is 0. The van der Waals surface area contributed by atoms with Gasteiger partial charge in [0.15, 0.2) is 12.2 Å². The van der Waals surface area contributed by atoms with Gasteiger partial charge in [-0.05, 0) is 49.4 Å². The fourth-order valence-electron chi connectivity index (χ4n) is 10.6. The Morgan fingerprint density at radius 3 is 0.789 bits per heavy atom. The van der Waals surface area contributed by atoms with Crippen LogP contribution in [-0.2, 0) is 65.4 Å². The zero-order chi connectivity index (χ0) is 66.8. The molecule has 0 aliphatic rings. The van der Waals surface area contributed by atoms with Crippen molar-refractivity contribution in [2.45, 2.75) is 369 Å². The Balaban J connectivity index is 5.25. The maximum Gasteiger partial charge on any atom is 0.472 e. The Labute approximate surface area is 549 Å².